The van der Waals surface area contributed by atoms with Gasteiger partial charge >= 0.3 is 0 Å². The first-order chi connectivity index (χ1) is 10.5. The molecule has 1 heterocycles. The first-order valence-electron chi connectivity index (χ1n) is 7.53. The molecule has 3 rings (SSSR count). The molecule has 22 heavy (non-hydrogen) atoms. The van der Waals surface area contributed by atoms with Gasteiger partial charge in [-0.25, -0.2) is 0 Å². The van der Waals surface area contributed by atoms with Crippen LogP contribution < -0.4 is 4.90 Å². The van der Waals surface area contributed by atoms with Crippen LogP contribution in [-0.4, -0.2) is 11.8 Å². The molecule has 2 amide bonds. The maximum Gasteiger partial charge on any atom is 0.237 e. The van der Waals surface area contributed by atoms with Crippen LogP contribution in [0.3, 0.4) is 0 Å². The number of amides is 2. The Balaban J connectivity index is 1.81. The number of benzene rings is 2. The van der Waals surface area contributed by atoms with Crippen LogP contribution in [0.25, 0.3) is 0 Å². The summed E-state index contributed by atoms with van der Waals surface area (Å²) in [5.74, 6) is -0.447. The first kappa shape index (κ1) is 14.5. The van der Waals surface area contributed by atoms with E-state index in [-0.39, 0.29) is 17.7 Å². The normalized spacial score (nSPS) is 18.1. The lowest BCUT2D eigenvalue weighted by molar-refractivity contribution is -0.122. The summed E-state index contributed by atoms with van der Waals surface area (Å²) >= 11 is 0. The monoisotopic (exact) mass is 293 g/mol. The van der Waals surface area contributed by atoms with Crippen molar-refractivity contribution in [3.05, 3.63) is 65.2 Å². The zero-order chi connectivity index (χ0) is 15.7. The molecule has 0 bridgehead atoms. The molecule has 3 heteroatoms. The summed E-state index contributed by atoms with van der Waals surface area (Å²) in [7, 11) is 0. The van der Waals surface area contributed by atoms with Crippen LogP contribution in [0.1, 0.15) is 23.1 Å². The number of imide groups is 1. The Morgan fingerprint density at radius 1 is 1.00 bits per heavy atom. The van der Waals surface area contributed by atoms with Gasteiger partial charge in [0.15, 0.2) is 0 Å². The van der Waals surface area contributed by atoms with Crippen molar-refractivity contribution >= 4 is 17.5 Å². The SMILES string of the molecule is Cc1ccc(N2C(=O)C[C@H](Cc3cccc(C)c3)C2=O)cc1. The van der Waals surface area contributed by atoms with Crippen LogP contribution in [0.2, 0.25) is 0 Å². The van der Waals surface area contributed by atoms with E-state index in [9.17, 15) is 9.59 Å². The summed E-state index contributed by atoms with van der Waals surface area (Å²) in [6, 6.07) is 15.6. The number of anilines is 1. The highest BCUT2D eigenvalue weighted by molar-refractivity contribution is 6.20. The number of hydrogen-bond donors (Lipinski definition) is 0. The molecule has 3 nitrogen and oxygen atoms in total. The van der Waals surface area contributed by atoms with E-state index in [0.29, 0.717) is 18.5 Å². The van der Waals surface area contributed by atoms with Crippen molar-refractivity contribution in [2.75, 3.05) is 4.90 Å². The van der Waals surface area contributed by atoms with Crippen LogP contribution in [0, 0.1) is 19.8 Å². The Hall–Kier alpha value is -2.42. The first-order valence-corrected chi connectivity index (χ1v) is 7.53. The summed E-state index contributed by atoms with van der Waals surface area (Å²) in [6.07, 6.45) is 0.912. The minimum absolute atomic E-state index is 0.0876. The second-order valence-electron chi connectivity index (χ2n) is 6.00. The Bertz CT molecular complexity index is 718. The molecule has 0 N–H and O–H groups in total. The summed E-state index contributed by atoms with van der Waals surface area (Å²) < 4.78 is 0. The molecule has 0 aromatic heterocycles. The van der Waals surface area contributed by atoms with E-state index >= 15 is 0 Å². The maximum absolute atomic E-state index is 12.6. The molecule has 1 fully saturated rings. The van der Waals surface area contributed by atoms with E-state index in [1.54, 1.807) is 0 Å². The van der Waals surface area contributed by atoms with E-state index < -0.39 is 0 Å². The van der Waals surface area contributed by atoms with Crippen LogP contribution in [-0.2, 0) is 16.0 Å². The molecule has 1 aliphatic rings. The molecule has 112 valence electrons. The second kappa shape index (κ2) is 5.76. The molecule has 0 unspecified atom stereocenters. The third kappa shape index (κ3) is 2.80. The highest BCUT2D eigenvalue weighted by Gasteiger charge is 2.39. The highest BCUT2D eigenvalue weighted by Crippen LogP contribution is 2.29. The average Bonchev–Trinajstić information content (AvgIpc) is 2.75. The highest BCUT2D eigenvalue weighted by atomic mass is 16.2. The molecule has 0 aliphatic carbocycles. The van der Waals surface area contributed by atoms with Gasteiger partial charge in [-0.15, -0.1) is 0 Å². The molecular formula is C19H19NO2. The second-order valence-corrected chi connectivity index (χ2v) is 6.00. The van der Waals surface area contributed by atoms with Crippen molar-refractivity contribution in [2.45, 2.75) is 26.7 Å². The predicted molar refractivity (Wildman–Crippen MR) is 86.7 cm³/mol. The third-order valence-corrected chi connectivity index (χ3v) is 4.10. The van der Waals surface area contributed by atoms with Gasteiger partial charge in [-0.3, -0.25) is 14.5 Å². The Morgan fingerprint density at radius 2 is 1.73 bits per heavy atom. The zero-order valence-corrected chi connectivity index (χ0v) is 12.9. The Morgan fingerprint density at radius 3 is 2.41 bits per heavy atom. The molecule has 2 aromatic carbocycles. The van der Waals surface area contributed by atoms with Crippen LogP contribution in [0.4, 0.5) is 5.69 Å². The van der Waals surface area contributed by atoms with E-state index in [1.165, 1.54) is 10.5 Å². The van der Waals surface area contributed by atoms with Gasteiger partial charge < -0.3 is 0 Å². The van der Waals surface area contributed by atoms with Gasteiger partial charge in [0, 0.05) is 6.42 Å². The summed E-state index contributed by atoms with van der Waals surface area (Å²) in [6.45, 7) is 4.02. The van der Waals surface area contributed by atoms with E-state index in [0.717, 1.165) is 11.1 Å². The van der Waals surface area contributed by atoms with Crippen LogP contribution >= 0.6 is 0 Å². The van der Waals surface area contributed by atoms with E-state index in [1.807, 2.05) is 56.3 Å². The Kier molecular flexibility index (Phi) is 3.80. The topological polar surface area (TPSA) is 37.4 Å². The molecule has 0 radical (unpaired) electrons. The van der Waals surface area contributed by atoms with Crippen LogP contribution in [0.5, 0.6) is 0 Å². The third-order valence-electron chi connectivity index (χ3n) is 4.10. The predicted octanol–water partition coefficient (Wildman–Crippen LogP) is 3.43. The van der Waals surface area contributed by atoms with Crippen LogP contribution in [0.15, 0.2) is 48.5 Å². The maximum atomic E-state index is 12.6. The van der Waals surface area contributed by atoms with Crippen molar-refractivity contribution in [1.82, 2.24) is 0 Å². The van der Waals surface area contributed by atoms with Crippen molar-refractivity contribution in [3.8, 4) is 0 Å². The smallest absolute Gasteiger partial charge is 0.237 e. The number of carbonyl (C=O) groups excluding carboxylic acids is 2. The van der Waals surface area contributed by atoms with Gasteiger partial charge in [-0.1, -0.05) is 47.5 Å². The fourth-order valence-electron chi connectivity index (χ4n) is 2.94. The molecular weight excluding hydrogens is 274 g/mol. The van der Waals surface area contributed by atoms with Crippen molar-refractivity contribution in [3.63, 3.8) is 0 Å². The zero-order valence-electron chi connectivity index (χ0n) is 12.9. The summed E-state index contributed by atoms with van der Waals surface area (Å²) in [5, 5.41) is 0. The van der Waals surface area contributed by atoms with Gasteiger partial charge in [0.05, 0.1) is 11.6 Å². The minimum Gasteiger partial charge on any atom is -0.274 e. The van der Waals surface area contributed by atoms with E-state index in [4.69, 9.17) is 0 Å². The molecule has 1 aliphatic heterocycles. The lowest BCUT2D eigenvalue weighted by atomic mass is 9.97. The van der Waals surface area contributed by atoms with Crippen molar-refractivity contribution < 1.29 is 9.59 Å². The van der Waals surface area contributed by atoms with Gasteiger partial charge in [0.2, 0.25) is 11.8 Å². The Labute approximate surface area is 130 Å². The summed E-state index contributed by atoms with van der Waals surface area (Å²) in [5.41, 5.74) is 4.06. The fraction of sp³-hybridized carbons (Fsp3) is 0.263. The van der Waals surface area contributed by atoms with Gasteiger partial charge in [-0.2, -0.15) is 0 Å². The average molecular weight is 293 g/mol. The number of hydrogen-bond acceptors (Lipinski definition) is 2. The van der Waals surface area contributed by atoms with Gasteiger partial charge in [-0.05, 0) is 38.0 Å². The standard InChI is InChI=1S/C19H19NO2/c1-13-6-8-17(9-7-13)20-18(21)12-16(19(20)22)11-15-5-3-4-14(2)10-15/h3-10,16H,11-12H2,1-2H3/t16-/m0/s1. The summed E-state index contributed by atoms with van der Waals surface area (Å²) in [4.78, 5) is 26.2. The quantitative estimate of drug-likeness (QED) is 0.813. The molecule has 2 aromatic rings. The van der Waals surface area contributed by atoms with E-state index in [2.05, 4.69) is 6.07 Å². The number of rotatable bonds is 3. The largest absolute Gasteiger partial charge is 0.274 e. The number of aryl methyl sites for hydroxylation is 2. The van der Waals surface area contributed by atoms with Gasteiger partial charge in [0.25, 0.3) is 0 Å². The molecule has 0 saturated carbocycles. The van der Waals surface area contributed by atoms with Crippen molar-refractivity contribution in [1.29, 1.82) is 0 Å². The molecule has 1 atom stereocenters. The van der Waals surface area contributed by atoms with Gasteiger partial charge in [0.1, 0.15) is 0 Å². The minimum atomic E-state index is -0.254. The van der Waals surface area contributed by atoms with Crippen molar-refractivity contribution in [2.24, 2.45) is 5.92 Å². The number of nitrogens with zero attached hydrogens (tertiary/aromatic N) is 1. The lowest BCUT2D eigenvalue weighted by Gasteiger charge is -2.15. The lowest BCUT2D eigenvalue weighted by Crippen LogP contribution is -2.30. The molecule has 0 spiro atoms. The molecule has 1 saturated heterocycles. The fourth-order valence-corrected chi connectivity index (χ4v) is 2.94. The number of carbonyl (C=O) groups is 2.